The zero-order valence-electron chi connectivity index (χ0n) is 9.05. The van der Waals surface area contributed by atoms with Crippen LogP contribution in [0.4, 0.5) is 0 Å². The van der Waals surface area contributed by atoms with Gasteiger partial charge in [-0.1, -0.05) is 0 Å². The van der Waals surface area contributed by atoms with Crippen LogP contribution in [0, 0.1) is 0 Å². The van der Waals surface area contributed by atoms with Crippen LogP contribution in [0.3, 0.4) is 0 Å². The van der Waals surface area contributed by atoms with E-state index in [9.17, 15) is 4.79 Å². The Hall–Kier alpha value is -0.610. The number of rotatable bonds is 6. The Morgan fingerprint density at radius 3 is 2.38 bits per heavy atom. The fraction of sp³-hybridized carbons (Fsp3) is 0.889. The third kappa shape index (κ3) is 4.24. The van der Waals surface area contributed by atoms with Gasteiger partial charge < -0.3 is 16.0 Å². The zero-order valence-corrected chi connectivity index (χ0v) is 9.05. The third-order valence-corrected chi connectivity index (χ3v) is 2.38. The molecule has 0 aromatic carbocycles. The largest absolute Gasteiger partial charge is 0.368 e. The fourth-order valence-corrected chi connectivity index (χ4v) is 1.12. The van der Waals surface area contributed by atoms with E-state index < -0.39 is 5.54 Å². The van der Waals surface area contributed by atoms with Gasteiger partial charge in [0.25, 0.3) is 0 Å². The van der Waals surface area contributed by atoms with Gasteiger partial charge in [-0.25, -0.2) is 0 Å². The van der Waals surface area contributed by atoms with Crippen molar-refractivity contribution >= 4 is 5.91 Å². The Kier molecular flexibility index (Phi) is 4.95. The molecule has 0 aromatic heterocycles. The third-order valence-electron chi connectivity index (χ3n) is 2.38. The number of hydrogen-bond donors (Lipinski definition) is 2. The summed E-state index contributed by atoms with van der Waals surface area (Å²) in [7, 11) is 5.79. The van der Waals surface area contributed by atoms with Crippen molar-refractivity contribution in [2.24, 2.45) is 5.73 Å². The summed E-state index contributed by atoms with van der Waals surface area (Å²) in [4.78, 5) is 13.2. The van der Waals surface area contributed by atoms with E-state index in [1.807, 2.05) is 21.0 Å². The Balaban J connectivity index is 3.92. The minimum atomic E-state index is -0.560. The lowest BCUT2D eigenvalue weighted by molar-refractivity contribution is -0.123. The molecule has 0 saturated carbocycles. The molecule has 0 rings (SSSR count). The number of nitrogens with one attached hydrogen (secondary N) is 1. The van der Waals surface area contributed by atoms with Gasteiger partial charge in [-0.3, -0.25) is 4.79 Å². The first-order valence-electron chi connectivity index (χ1n) is 4.56. The van der Waals surface area contributed by atoms with E-state index in [1.54, 1.807) is 7.05 Å². The maximum absolute atomic E-state index is 11.1. The van der Waals surface area contributed by atoms with E-state index in [4.69, 9.17) is 5.73 Å². The molecule has 0 aliphatic heterocycles. The molecule has 0 spiro atoms. The standard InChI is InChI=1S/C9H21N3O/c1-9(11-2,8(10)13)6-5-7-12(3)4/h11H,5-7H2,1-4H3,(H2,10,13). The van der Waals surface area contributed by atoms with Crippen molar-refractivity contribution in [3.8, 4) is 0 Å². The van der Waals surface area contributed by atoms with Crippen LogP contribution < -0.4 is 11.1 Å². The highest BCUT2D eigenvalue weighted by molar-refractivity contribution is 5.84. The van der Waals surface area contributed by atoms with Crippen molar-refractivity contribution in [1.29, 1.82) is 0 Å². The average molecular weight is 187 g/mol. The predicted molar refractivity (Wildman–Crippen MR) is 54.4 cm³/mol. The number of nitrogens with zero attached hydrogens (tertiary/aromatic N) is 1. The second-order valence-electron chi connectivity index (χ2n) is 3.85. The minimum Gasteiger partial charge on any atom is -0.368 e. The molecule has 4 heteroatoms. The first kappa shape index (κ1) is 12.4. The minimum absolute atomic E-state index is 0.284. The van der Waals surface area contributed by atoms with Gasteiger partial charge in [0.2, 0.25) is 5.91 Å². The van der Waals surface area contributed by atoms with Crippen LogP contribution in [-0.2, 0) is 4.79 Å². The SMILES string of the molecule is CNC(C)(CCCN(C)C)C(N)=O. The predicted octanol–water partition coefficient (Wildman–Crippen LogP) is -0.208. The molecule has 3 N–H and O–H groups in total. The van der Waals surface area contributed by atoms with Crippen LogP contribution in [0.2, 0.25) is 0 Å². The van der Waals surface area contributed by atoms with E-state index in [-0.39, 0.29) is 5.91 Å². The first-order valence-corrected chi connectivity index (χ1v) is 4.56. The molecular weight excluding hydrogens is 166 g/mol. The van der Waals surface area contributed by atoms with Gasteiger partial charge in [0.1, 0.15) is 0 Å². The number of carbonyl (C=O) groups is 1. The smallest absolute Gasteiger partial charge is 0.237 e. The fourth-order valence-electron chi connectivity index (χ4n) is 1.12. The average Bonchev–Trinajstić information content (AvgIpc) is 2.03. The molecule has 0 heterocycles. The monoisotopic (exact) mass is 187 g/mol. The van der Waals surface area contributed by atoms with E-state index in [0.717, 1.165) is 19.4 Å². The summed E-state index contributed by atoms with van der Waals surface area (Å²) in [6, 6.07) is 0. The molecular formula is C9H21N3O. The van der Waals surface area contributed by atoms with Crippen LogP contribution >= 0.6 is 0 Å². The first-order chi connectivity index (χ1) is 5.92. The summed E-state index contributed by atoms with van der Waals surface area (Å²) in [5.41, 5.74) is 4.72. The molecule has 78 valence electrons. The Labute approximate surface area is 80.5 Å². The van der Waals surface area contributed by atoms with Crippen molar-refractivity contribution in [1.82, 2.24) is 10.2 Å². The van der Waals surface area contributed by atoms with Crippen molar-refractivity contribution < 1.29 is 4.79 Å². The molecule has 0 radical (unpaired) electrons. The summed E-state index contributed by atoms with van der Waals surface area (Å²) in [6.45, 7) is 2.82. The van der Waals surface area contributed by atoms with Crippen molar-refractivity contribution in [3.63, 3.8) is 0 Å². The highest BCUT2D eigenvalue weighted by atomic mass is 16.1. The van der Waals surface area contributed by atoms with Gasteiger partial charge in [0.15, 0.2) is 0 Å². The van der Waals surface area contributed by atoms with Gasteiger partial charge >= 0.3 is 0 Å². The lowest BCUT2D eigenvalue weighted by atomic mass is 9.95. The quantitative estimate of drug-likeness (QED) is 0.605. The molecule has 4 nitrogen and oxygen atoms in total. The molecule has 1 unspecified atom stereocenters. The number of hydrogen-bond acceptors (Lipinski definition) is 3. The summed E-state index contributed by atoms with van der Waals surface area (Å²) in [6.07, 6.45) is 1.74. The lowest BCUT2D eigenvalue weighted by Crippen LogP contribution is -2.51. The van der Waals surface area contributed by atoms with Crippen LogP contribution in [-0.4, -0.2) is 44.0 Å². The Morgan fingerprint density at radius 1 is 1.54 bits per heavy atom. The molecule has 0 aromatic rings. The highest BCUT2D eigenvalue weighted by Crippen LogP contribution is 2.10. The maximum atomic E-state index is 11.1. The van der Waals surface area contributed by atoms with Crippen LogP contribution in [0.5, 0.6) is 0 Å². The molecule has 0 fully saturated rings. The van der Waals surface area contributed by atoms with Crippen LogP contribution in [0.25, 0.3) is 0 Å². The topological polar surface area (TPSA) is 58.4 Å². The molecule has 1 amide bonds. The van der Waals surface area contributed by atoms with Crippen molar-refractivity contribution in [3.05, 3.63) is 0 Å². The summed E-state index contributed by atoms with van der Waals surface area (Å²) < 4.78 is 0. The summed E-state index contributed by atoms with van der Waals surface area (Å²) in [5, 5.41) is 2.96. The van der Waals surface area contributed by atoms with E-state index >= 15 is 0 Å². The summed E-state index contributed by atoms with van der Waals surface area (Å²) in [5.74, 6) is -0.284. The molecule has 13 heavy (non-hydrogen) atoms. The Bertz CT molecular complexity index is 170. The molecule has 0 saturated heterocycles. The van der Waals surface area contributed by atoms with Crippen molar-refractivity contribution in [2.75, 3.05) is 27.7 Å². The van der Waals surface area contributed by atoms with E-state index in [1.165, 1.54) is 0 Å². The van der Waals surface area contributed by atoms with Crippen LogP contribution in [0.1, 0.15) is 19.8 Å². The zero-order chi connectivity index (χ0) is 10.5. The highest BCUT2D eigenvalue weighted by Gasteiger charge is 2.27. The second-order valence-corrected chi connectivity index (χ2v) is 3.85. The molecule has 0 aliphatic rings. The van der Waals surface area contributed by atoms with E-state index in [0.29, 0.717) is 0 Å². The summed E-state index contributed by atoms with van der Waals surface area (Å²) >= 11 is 0. The van der Waals surface area contributed by atoms with Gasteiger partial charge in [0, 0.05) is 0 Å². The number of likely N-dealkylation sites (N-methyl/N-ethyl adjacent to an activating group) is 1. The molecule has 0 aliphatic carbocycles. The number of primary amides is 1. The Morgan fingerprint density at radius 2 is 2.08 bits per heavy atom. The number of nitrogens with two attached hydrogens (primary N) is 1. The molecule has 1 atom stereocenters. The number of amides is 1. The molecule has 0 bridgehead atoms. The van der Waals surface area contributed by atoms with Gasteiger partial charge in [0.05, 0.1) is 5.54 Å². The van der Waals surface area contributed by atoms with Crippen molar-refractivity contribution in [2.45, 2.75) is 25.3 Å². The van der Waals surface area contributed by atoms with E-state index in [2.05, 4.69) is 10.2 Å². The second kappa shape index (κ2) is 5.19. The van der Waals surface area contributed by atoms with Crippen LogP contribution in [0.15, 0.2) is 0 Å². The maximum Gasteiger partial charge on any atom is 0.237 e. The van der Waals surface area contributed by atoms with Gasteiger partial charge in [-0.2, -0.15) is 0 Å². The van der Waals surface area contributed by atoms with Gasteiger partial charge in [-0.05, 0) is 47.5 Å². The normalized spacial score (nSPS) is 15.8. The van der Waals surface area contributed by atoms with Gasteiger partial charge in [-0.15, -0.1) is 0 Å². The lowest BCUT2D eigenvalue weighted by Gasteiger charge is -2.25. The number of carbonyl (C=O) groups excluding carboxylic acids is 1.